The minimum atomic E-state index is -2.88. The van der Waals surface area contributed by atoms with Crippen LogP contribution in [0.1, 0.15) is 10.4 Å². The number of rotatable bonds is 7. The third kappa shape index (κ3) is 5.05. The summed E-state index contributed by atoms with van der Waals surface area (Å²) in [6, 6.07) is 14.7. The summed E-state index contributed by atoms with van der Waals surface area (Å²) in [5.41, 5.74) is 0.362. The fourth-order valence-electron chi connectivity index (χ4n) is 1.74. The molecule has 0 aliphatic heterocycles. The number of carbonyl (C=O) groups is 1. The first kappa shape index (κ1) is 15.8. The summed E-state index contributed by atoms with van der Waals surface area (Å²) in [5, 5.41) is 2.68. The van der Waals surface area contributed by atoms with E-state index in [-0.39, 0.29) is 11.7 Å². The molecule has 0 aliphatic carbocycles. The number of carbonyl (C=O) groups excluding carboxylic acids is 1. The summed E-state index contributed by atoms with van der Waals surface area (Å²) in [7, 11) is 0. The predicted molar refractivity (Wildman–Crippen MR) is 77.3 cm³/mol. The van der Waals surface area contributed by atoms with Crippen molar-refractivity contribution in [2.45, 2.75) is 6.61 Å². The maximum Gasteiger partial charge on any atom is 0.387 e. The van der Waals surface area contributed by atoms with Crippen molar-refractivity contribution in [1.82, 2.24) is 5.32 Å². The number of amides is 1. The van der Waals surface area contributed by atoms with Crippen LogP contribution in [0.15, 0.2) is 54.6 Å². The Morgan fingerprint density at radius 1 is 1.00 bits per heavy atom. The lowest BCUT2D eigenvalue weighted by molar-refractivity contribution is -0.0498. The van der Waals surface area contributed by atoms with E-state index in [1.807, 2.05) is 30.3 Å². The summed E-state index contributed by atoms with van der Waals surface area (Å²) < 4.78 is 33.7. The van der Waals surface area contributed by atoms with E-state index in [0.29, 0.717) is 18.7 Å². The zero-order valence-electron chi connectivity index (χ0n) is 11.7. The molecule has 1 amide bonds. The Hall–Kier alpha value is -2.63. The summed E-state index contributed by atoms with van der Waals surface area (Å²) in [6.07, 6.45) is 0. The number of ether oxygens (including phenoxy) is 2. The second-order valence-electron chi connectivity index (χ2n) is 4.32. The molecule has 0 unspecified atom stereocenters. The standard InChI is InChI=1S/C16H15F2NO3/c17-16(18)22-14-8-6-12(7-9-14)15(20)19-10-11-21-13-4-2-1-3-5-13/h1-9,16H,10-11H2,(H,19,20). The first-order chi connectivity index (χ1) is 10.6. The maximum absolute atomic E-state index is 12.0. The van der Waals surface area contributed by atoms with Gasteiger partial charge < -0.3 is 14.8 Å². The van der Waals surface area contributed by atoms with Crippen LogP contribution in [0.5, 0.6) is 11.5 Å². The van der Waals surface area contributed by atoms with Gasteiger partial charge in [0.15, 0.2) is 0 Å². The summed E-state index contributed by atoms with van der Waals surface area (Å²) >= 11 is 0. The largest absolute Gasteiger partial charge is 0.492 e. The van der Waals surface area contributed by atoms with Crippen molar-refractivity contribution in [3.63, 3.8) is 0 Å². The molecular formula is C16H15F2NO3. The van der Waals surface area contributed by atoms with E-state index in [0.717, 1.165) is 5.75 Å². The Labute approximate surface area is 126 Å². The molecule has 0 radical (unpaired) electrons. The normalized spacial score (nSPS) is 10.3. The van der Waals surface area contributed by atoms with Crippen molar-refractivity contribution < 1.29 is 23.0 Å². The van der Waals surface area contributed by atoms with Gasteiger partial charge in [0.05, 0.1) is 6.54 Å². The van der Waals surface area contributed by atoms with Gasteiger partial charge in [-0.1, -0.05) is 18.2 Å². The Bertz CT molecular complexity index is 588. The highest BCUT2D eigenvalue weighted by Gasteiger charge is 2.07. The van der Waals surface area contributed by atoms with Gasteiger partial charge in [-0.25, -0.2) is 0 Å². The summed E-state index contributed by atoms with van der Waals surface area (Å²) in [6.45, 7) is -2.21. The Morgan fingerprint density at radius 2 is 1.68 bits per heavy atom. The molecule has 1 N–H and O–H groups in total. The number of hydrogen-bond acceptors (Lipinski definition) is 3. The van der Waals surface area contributed by atoms with Gasteiger partial charge in [0.25, 0.3) is 5.91 Å². The molecule has 0 saturated heterocycles. The van der Waals surface area contributed by atoms with E-state index >= 15 is 0 Å². The molecule has 0 atom stereocenters. The molecule has 2 aromatic rings. The molecular weight excluding hydrogens is 292 g/mol. The average Bonchev–Trinajstić information content (AvgIpc) is 2.52. The number of halogens is 2. The van der Waals surface area contributed by atoms with Crippen molar-refractivity contribution in [2.75, 3.05) is 13.2 Å². The first-order valence-electron chi connectivity index (χ1n) is 6.66. The minimum Gasteiger partial charge on any atom is -0.492 e. The van der Waals surface area contributed by atoms with E-state index in [1.54, 1.807) is 0 Å². The predicted octanol–water partition coefficient (Wildman–Crippen LogP) is 3.10. The van der Waals surface area contributed by atoms with Crippen LogP contribution in [-0.2, 0) is 0 Å². The lowest BCUT2D eigenvalue weighted by Gasteiger charge is -2.08. The number of para-hydroxylation sites is 1. The van der Waals surface area contributed by atoms with Gasteiger partial charge in [-0.3, -0.25) is 4.79 Å². The van der Waals surface area contributed by atoms with Crippen LogP contribution in [0, 0.1) is 0 Å². The van der Waals surface area contributed by atoms with Crippen molar-refractivity contribution in [2.24, 2.45) is 0 Å². The van der Waals surface area contributed by atoms with Crippen LogP contribution >= 0.6 is 0 Å². The molecule has 2 aromatic carbocycles. The van der Waals surface area contributed by atoms with Crippen molar-refractivity contribution in [3.8, 4) is 11.5 Å². The molecule has 0 saturated carbocycles. The lowest BCUT2D eigenvalue weighted by atomic mass is 10.2. The smallest absolute Gasteiger partial charge is 0.387 e. The molecule has 0 aromatic heterocycles. The highest BCUT2D eigenvalue weighted by molar-refractivity contribution is 5.94. The van der Waals surface area contributed by atoms with Crippen molar-refractivity contribution in [3.05, 3.63) is 60.2 Å². The fourth-order valence-corrected chi connectivity index (χ4v) is 1.74. The zero-order valence-corrected chi connectivity index (χ0v) is 11.7. The van der Waals surface area contributed by atoms with Crippen LogP contribution in [-0.4, -0.2) is 25.7 Å². The van der Waals surface area contributed by atoms with Crippen LogP contribution in [0.2, 0.25) is 0 Å². The number of alkyl halides is 2. The highest BCUT2D eigenvalue weighted by atomic mass is 19.3. The van der Waals surface area contributed by atoms with Gasteiger partial charge in [0.2, 0.25) is 0 Å². The molecule has 22 heavy (non-hydrogen) atoms. The molecule has 0 fully saturated rings. The Balaban J connectivity index is 1.75. The monoisotopic (exact) mass is 307 g/mol. The third-order valence-corrected chi connectivity index (χ3v) is 2.74. The maximum atomic E-state index is 12.0. The van der Waals surface area contributed by atoms with Crippen LogP contribution < -0.4 is 14.8 Å². The average molecular weight is 307 g/mol. The topological polar surface area (TPSA) is 47.6 Å². The molecule has 6 heteroatoms. The Morgan fingerprint density at radius 3 is 2.32 bits per heavy atom. The van der Waals surface area contributed by atoms with Crippen molar-refractivity contribution in [1.29, 1.82) is 0 Å². The van der Waals surface area contributed by atoms with E-state index in [1.165, 1.54) is 24.3 Å². The molecule has 0 aliphatic rings. The number of nitrogens with one attached hydrogen (secondary N) is 1. The molecule has 0 spiro atoms. The van der Waals surface area contributed by atoms with Gasteiger partial charge in [-0.15, -0.1) is 0 Å². The second kappa shape index (κ2) is 7.97. The third-order valence-electron chi connectivity index (χ3n) is 2.74. The van der Waals surface area contributed by atoms with E-state index in [9.17, 15) is 13.6 Å². The van der Waals surface area contributed by atoms with Crippen LogP contribution in [0.4, 0.5) is 8.78 Å². The van der Waals surface area contributed by atoms with Gasteiger partial charge in [0.1, 0.15) is 18.1 Å². The molecule has 2 rings (SSSR count). The lowest BCUT2D eigenvalue weighted by Crippen LogP contribution is -2.28. The van der Waals surface area contributed by atoms with Gasteiger partial charge >= 0.3 is 6.61 Å². The molecule has 116 valence electrons. The van der Waals surface area contributed by atoms with E-state index in [2.05, 4.69) is 10.1 Å². The molecule has 4 nitrogen and oxygen atoms in total. The second-order valence-corrected chi connectivity index (χ2v) is 4.32. The summed E-state index contributed by atoms with van der Waals surface area (Å²) in [4.78, 5) is 11.8. The van der Waals surface area contributed by atoms with Crippen molar-refractivity contribution >= 4 is 5.91 Å². The SMILES string of the molecule is O=C(NCCOc1ccccc1)c1ccc(OC(F)F)cc1. The quantitative estimate of drug-likeness (QED) is 0.800. The first-order valence-corrected chi connectivity index (χ1v) is 6.66. The van der Waals surface area contributed by atoms with Gasteiger partial charge in [-0.05, 0) is 36.4 Å². The van der Waals surface area contributed by atoms with Crippen LogP contribution in [0.3, 0.4) is 0 Å². The number of hydrogen-bond donors (Lipinski definition) is 1. The number of benzene rings is 2. The van der Waals surface area contributed by atoms with Crippen LogP contribution in [0.25, 0.3) is 0 Å². The highest BCUT2D eigenvalue weighted by Crippen LogP contribution is 2.14. The fraction of sp³-hybridized carbons (Fsp3) is 0.188. The van der Waals surface area contributed by atoms with E-state index in [4.69, 9.17) is 4.74 Å². The Kier molecular flexibility index (Phi) is 5.71. The minimum absolute atomic E-state index is 0.0129. The molecule has 0 bridgehead atoms. The molecule has 0 heterocycles. The van der Waals surface area contributed by atoms with Gasteiger partial charge in [0, 0.05) is 5.56 Å². The summed E-state index contributed by atoms with van der Waals surface area (Å²) in [5.74, 6) is 0.435. The van der Waals surface area contributed by atoms with Gasteiger partial charge in [-0.2, -0.15) is 8.78 Å². The van der Waals surface area contributed by atoms with E-state index < -0.39 is 6.61 Å². The zero-order chi connectivity index (χ0) is 15.8.